The number of hydrogen-bond acceptors (Lipinski definition) is 6. The standard InChI is InChI=1S/C19H20N4O3S/c1-22(13-18-21-16-5-2-3-6-17(16)27-18)19(24)7-4-12-20-14-8-10-15(11-9-14)23(25)26/h2-3,5-6,8-11,20H,4,7,12-13H2,1H3. The molecule has 1 N–H and O–H groups in total. The van der Waals surface area contributed by atoms with Crippen molar-refractivity contribution in [1.82, 2.24) is 9.88 Å². The maximum absolute atomic E-state index is 12.3. The fraction of sp³-hybridized carbons (Fsp3) is 0.263. The largest absolute Gasteiger partial charge is 0.385 e. The van der Waals surface area contributed by atoms with Gasteiger partial charge in [-0.25, -0.2) is 4.98 Å². The monoisotopic (exact) mass is 384 g/mol. The number of carbonyl (C=O) groups is 1. The maximum Gasteiger partial charge on any atom is 0.269 e. The topological polar surface area (TPSA) is 88.4 Å². The number of nitrogens with one attached hydrogen (secondary N) is 1. The number of non-ortho nitro benzene ring substituents is 1. The zero-order valence-electron chi connectivity index (χ0n) is 14.9. The Morgan fingerprint density at radius 2 is 1.96 bits per heavy atom. The van der Waals surface area contributed by atoms with E-state index < -0.39 is 4.92 Å². The summed E-state index contributed by atoms with van der Waals surface area (Å²) in [7, 11) is 1.79. The van der Waals surface area contributed by atoms with E-state index in [1.807, 2.05) is 24.3 Å². The van der Waals surface area contributed by atoms with Crippen molar-refractivity contribution in [3.8, 4) is 0 Å². The van der Waals surface area contributed by atoms with Crippen molar-refractivity contribution >= 4 is 38.8 Å². The second-order valence-electron chi connectivity index (χ2n) is 6.16. The molecule has 7 nitrogen and oxygen atoms in total. The summed E-state index contributed by atoms with van der Waals surface area (Å²) < 4.78 is 1.13. The van der Waals surface area contributed by atoms with Gasteiger partial charge in [-0.1, -0.05) is 12.1 Å². The number of nitrogens with zero attached hydrogens (tertiary/aromatic N) is 3. The Kier molecular flexibility index (Phi) is 5.97. The summed E-state index contributed by atoms with van der Waals surface area (Å²) >= 11 is 1.61. The first-order valence-corrected chi connectivity index (χ1v) is 9.41. The Morgan fingerprint density at radius 1 is 1.22 bits per heavy atom. The van der Waals surface area contributed by atoms with Crippen molar-refractivity contribution in [3.63, 3.8) is 0 Å². The van der Waals surface area contributed by atoms with E-state index in [2.05, 4.69) is 10.3 Å². The van der Waals surface area contributed by atoms with E-state index in [9.17, 15) is 14.9 Å². The van der Waals surface area contributed by atoms with Crippen LogP contribution in [0.25, 0.3) is 10.2 Å². The van der Waals surface area contributed by atoms with Crippen LogP contribution in [-0.4, -0.2) is 34.3 Å². The van der Waals surface area contributed by atoms with E-state index in [0.29, 0.717) is 25.9 Å². The van der Waals surface area contributed by atoms with Gasteiger partial charge in [0.2, 0.25) is 5.91 Å². The van der Waals surface area contributed by atoms with E-state index in [1.54, 1.807) is 35.4 Å². The lowest BCUT2D eigenvalue weighted by Crippen LogP contribution is -2.26. The fourth-order valence-corrected chi connectivity index (χ4v) is 3.66. The molecule has 0 saturated heterocycles. The number of nitro benzene ring substituents is 1. The quantitative estimate of drug-likeness (QED) is 0.359. The zero-order valence-corrected chi connectivity index (χ0v) is 15.7. The molecule has 0 saturated carbocycles. The van der Waals surface area contributed by atoms with Crippen LogP contribution in [0, 0.1) is 10.1 Å². The van der Waals surface area contributed by atoms with Gasteiger partial charge in [0.05, 0.1) is 21.7 Å². The van der Waals surface area contributed by atoms with Crippen LogP contribution in [0.3, 0.4) is 0 Å². The Hall–Kier alpha value is -3.00. The molecule has 0 aliphatic heterocycles. The summed E-state index contributed by atoms with van der Waals surface area (Å²) in [6.07, 6.45) is 1.11. The number of thiazole rings is 1. The molecular formula is C19H20N4O3S. The molecule has 0 spiro atoms. The minimum Gasteiger partial charge on any atom is -0.385 e. The van der Waals surface area contributed by atoms with Crippen molar-refractivity contribution in [2.45, 2.75) is 19.4 Å². The second kappa shape index (κ2) is 8.59. The number of rotatable bonds is 8. The van der Waals surface area contributed by atoms with Crippen LogP contribution in [0.15, 0.2) is 48.5 Å². The average Bonchev–Trinajstić information content (AvgIpc) is 3.07. The van der Waals surface area contributed by atoms with Gasteiger partial charge in [0.25, 0.3) is 5.69 Å². The maximum atomic E-state index is 12.3. The van der Waals surface area contributed by atoms with Crippen LogP contribution >= 0.6 is 11.3 Å². The summed E-state index contributed by atoms with van der Waals surface area (Å²) in [5.41, 5.74) is 1.83. The number of hydrogen-bond donors (Lipinski definition) is 1. The molecular weight excluding hydrogens is 364 g/mol. The lowest BCUT2D eigenvalue weighted by Gasteiger charge is -2.15. The van der Waals surface area contributed by atoms with E-state index in [-0.39, 0.29) is 11.6 Å². The fourth-order valence-electron chi connectivity index (χ4n) is 2.64. The lowest BCUT2D eigenvalue weighted by atomic mass is 10.2. The van der Waals surface area contributed by atoms with E-state index in [4.69, 9.17) is 0 Å². The number of amides is 1. The van der Waals surface area contributed by atoms with E-state index in [1.165, 1.54) is 12.1 Å². The van der Waals surface area contributed by atoms with Gasteiger partial charge in [0.15, 0.2) is 0 Å². The van der Waals surface area contributed by atoms with Gasteiger partial charge in [0.1, 0.15) is 5.01 Å². The number of carbonyl (C=O) groups excluding carboxylic acids is 1. The summed E-state index contributed by atoms with van der Waals surface area (Å²) in [4.78, 5) is 28.8. The zero-order chi connectivity index (χ0) is 19.2. The van der Waals surface area contributed by atoms with Crippen LogP contribution < -0.4 is 5.32 Å². The first-order valence-electron chi connectivity index (χ1n) is 8.59. The highest BCUT2D eigenvalue weighted by molar-refractivity contribution is 7.18. The van der Waals surface area contributed by atoms with Gasteiger partial charge in [0, 0.05) is 37.8 Å². The molecule has 8 heteroatoms. The molecule has 3 aromatic rings. The van der Waals surface area contributed by atoms with Crippen LogP contribution in [0.5, 0.6) is 0 Å². The highest BCUT2D eigenvalue weighted by atomic mass is 32.1. The number of para-hydroxylation sites is 1. The molecule has 0 radical (unpaired) electrons. The summed E-state index contributed by atoms with van der Waals surface area (Å²) in [6.45, 7) is 1.13. The van der Waals surface area contributed by atoms with Gasteiger partial charge < -0.3 is 10.2 Å². The minimum atomic E-state index is -0.427. The Labute approximate surface area is 160 Å². The normalized spacial score (nSPS) is 10.7. The third-order valence-corrected chi connectivity index (χ3v) is 5.13. The average molecular weight is 384 g/mol. The molecule has 0 atom stereocenters. The van der Waals surface area contributed by atoms with Crippen molar-refractivity contribution in [2.24, 2.45) is 0 Å². The van der Waals surface area contributed by atoms with Gasteiger partial charge in [-0.15, -0.1) is 11.3 Å². The molecule has 0 unspecified atom stereocenters. The third kappa shape index (κ3) is 5.01. The number of anilines is 1. The highest BCUT2D eigenvalue weighted by Gasteiger charge is 2.12. The molecule has 1 aromatic heterocycles. The Balaban J connectivity index is 1.42. The molecule has 0 fully saturated rings. The molecule has 1 heterocycles. The molecule has 0 aliphatic carbocycles. The summed E-state index contributed by atoms with van der Waals surface area (Å²) in [6, 6.07) is 14.2. The molecule has 140 valence electrons. The number of benzene rings is 2. The van der Waals surface area contributed by atoms with Crippen molar-refractivity contribution in [2.75, 3.05) is 18.9 Å². The van der Waals surface area contributed by atoms with Crippen molar-refractivity contribution in [3.05, 3.63) is 63.7 Å². The molecule has 0 aliphatic rings. The first kappa shape index (κ1) is 18.8. The number of aromatic nitrogens is 1. The van der Waals surface area contributed by atoms with Crippen LogP contribution in [0.1, 0.15) is 17.8 Å². The van der Waals surface area contributed by atoms with Crippen LogP contribution in [0.2, 0.25) is 0 Å². The first-order chi connectivity index (χ1) is 13.0. The number of fused-ring (bicyclic) bond motifs is 1. The number of nitro groups is 1. The van der Waals surface area contributed by atoms with Crippen molar-refractivity contribution < 1.29 is 9.72 Å². The third-order valence-electron chi connectivity index (χ3n) is 4.11. The molecule has 2 aromatic carbocycles. The van der Waals surface area contributed by atoms with Crippen LogP contribution in [-0.2, 0) is 11.3 Å². The van der Waals surface area contributed by atoms with Gasteiger partial charge in [-0.3, -0.25) is 14.9 Å². The second-order valence-corrected chi connectivity index (χ2v) is 7.27. The van der Waals surface area contributed by atoms with Crippen LogP contribution in [0.4, 0.5) is 11.4 Å². The molecule has 1 amide bonds. The summed E-state index contributed by atoms with van der Waals surface area (Å²) in [5.74, 6) is 0.0692. The lowest BCUT2D eigenvalue weighted by molar-refractivity contribution is -0.384. The van der Waals surface area contributed by atoms with E-state index >= 15 is 0 Å². The highest BCUT2D eigenvalue weighted by Crippen LogP contribution is 2.22. The molecule has 3 rings (SSSR count). The Bertz CT molecular complexity index is 907. The van der Waals surface area contributed by atoms with Gasteiger partial charge in [-0.2, -0.15) is 0 Å². The predicted molar refractivity (Wildman–Crippen MR) is 107 cm³/mol. The Morgan fingerprint density at radius 3 is 2.67 bits per heavy atom. The summed E-state index contributed by atoms with van der Waals surface area (Å²) in [5, 5.41) is 14.7. The smallest absolute Gasteiger partial charge is 0.269 e. The van der Waals surface area contributed by atoms with Gasteiger partial charge >= 0.3 is 0 Å². The minimum absolute atomic E-state index is 0.0622. The molecule has 27 heavy (non-hydrogen) atoms. The SMILES string of the molecule is CN(Cc1nc2ccccc2s1)C(=O)CCCNc1ccc([N+](=O)[O-])cc1. The van der Waals surface area contributed by atoms with Gasteiger partial charge in [-0.05, 0) is 30.7 Å². The van der Waals surface area contributed by atoms with E-state index in [0.717, 1.165) is 20.9 Å². The predicted octanol–water partition coefficient (Wildman–Crippen LogP) is 4.06. The van der Waals surface area contributed by atoms with Crippen molar-refractivity contribution in [1.29, 1.82) is 0 Å². The molecule has 0 bridgehead atoms.